The largest absolute Gasteiger partial charge is 0.357 e. The Morgan fingerprint density at radius 1 is 1.16 bits per heavy atom. The molecule has 138 valence electrons. The van der Waals surface area contributed by atoms with Crippen molar-refractivity contribution in [2.75, 3.05) is 38.1 Å². The van der Waals surface area contributed by atoms with Gasteiger partial charge >= 0.3 is 6.03 Å². The number of hydrogen-bond acceptors (Lipinski definition) is 4. The van der Waals surface area contributed by atoms with Crippen LogP contribution in [0, 0.1) is 5.92 Å². The number of carbonyl (C=O) groups excluding carboxylic acids is 1. The van der Waals surface area contributed by atoms with Gasteiger partial charge in [-0.2, -0.15) is 0 Å². The van der Waals surface area contributed by atoms with Gasteiger partial charge in [0, 0.05) is 31.9 Å². The first kappa shape index (κ1) is 18.0. The Bertz CT molecular complexity index is 545. The van der Waals surface area contributed by atoms with Crippen molar-refractivity contribution in [2.24, 2.45) is 5.92 Å². The van der Waals surface area contributed by atoms with Crippen LogP contribution in [-0.4, -0.2) is 55.2 Å². The van der Waals surface area contributed by atoms with Gasteiger partial charge in [-0.3, -0.25) is 0 Å². The van der Waals surface area contributed by atoms with Crippen LogP contribution in [0.4, 0.5) is 10.6 Å². The Kier molecular flexibility index (Phi) is 6.13. The van der Waals surface area contributed by atoms with Crippen LogP contribution >= 0.6 is 0 Å². The summed E-state index contributed by atoms with van der Waals surface area (Å²) < 4.78 is 0. The SMILES string of the molecule is CC1CCN(c2ccc(CNC(=O)NC3CCN(C)CC3)cn2)CC1. The number of rotatable bonds is 4. The lowest BCUT2D eigenvalue weighted by Crippen LogP contribution is -2.46. The van der Waals surface area contributed by atoms with Crippen molar-refractivity contribution in [3.05, 3.63) is 23.9 Å². The van der Waals surface area contributed by atoms with Gasteiger partial charge < -0.3 is 20.4 Å². The highest BCUT2D eigenvalue weighted by Gasteiger charge is 2.18. The third-order valence-corrected chi connectivity index (χ3v) is 5.42. The Labute approximate surface area is 151 Å². The fourth-order valence-corrected chi connectivity index (χ4v) is 3.52. The molecule has 25 heavy (non-hydrogen) atoms. The van der Waals surface area contributed by atoms with E-state index in [1.165, 1.54) is 12.8 Å². The predicted octanol–water partition coefficient (Wildman–Crippen LogP) is 2.21. The van der Waals surface area contributed by atoms with Gasteiger partial charge in [0.1, 0.15) is 5.82 Å². The Balaban J connectivity index is 1.41. The zero-order valence-corrected chi connectivity index (χ0v) is 15.5. The maximum atomic E-state index is 12.0. The summed E-state index contributed by atoms with van der Waals surface area (Å²) in [6.45, 7) is 7.10. The maximum absolute atomic E-state index is 12.0. The Morgan fingerprint density at radius 2 is 1.88 bits per heavy atom. The number of carbonyl (C=O) groups is 1. The molecule has 0 aromatic carbocycles. The normalized spacial score (nSPS) is 20.5. The standard InChI is InChI=1S/C19H31N5O/c1-15-5-11-24(12-6-15)18-4-3-16(13-20-18)14-21-19(25)22-17-7-9-23(2)10-8-17/h3-4,13,15,17H,5-12,14H2,1-2H3,(H2,21,22,25). The predicted molar refractivity (Wildman–Crippen MR) is 101 cm³/mol. The van der Waals surface area contributed by atoms with Gasteiger partial charge in [-0.15, -0.1) is 0 Å². The van der Waals surface area contributed by atoms with Crippen LogP contribution in [-0.2, 0) is 6.54 Å². The minimum Gasteiger partial charge on any atom is -0.357 e. The lowest BCUT2D eigenvalue weighted by atomic mass is 9.99. The summed E-state index contributed by atoms with van der Waals surface area (Å²) in [7, 11) is 2.12. The third kappa shape index (κ3) is 5.33. The van der Waals surface area contributed by atoms with E-state index in [0.29, 0.717) is 6.54 Å². The van der Waals surface area contributed by atoms with E-state index < -0.39 is 0 Å². The molecule has 3 heterocycles. The molecular weight excluding hydrogens is 314 g/mol. The monoisotopic (exact) mass is 345 g/mol. The molecule has 0 atom stereocenters. The molecule has 2 amide bonds. The Hall–Kier alpha value is -1.82. The molecule has 0 unspecified atom stereocenters. The van der Waals surface area contributed by atoms with Crippen molar-refractivity contribution in [1.82, 2.24) is 20.5 Å². The lowest BCUT2D eigenvalue weighted by molar-refractivity contribution is 0.213. The molecule has 0 spiro atoms. The topological polar surface area (TPSA) is 60.5 Å². The number of amides is 2. The summed E-state index contributed by atoms with van der Waals surface area (Å²) in [5.74, 6) is 1.87. The lowest BCUT2D eigenvalue weighted by Gasteiger charge is -2.31. The first-order valence-electron chi connectivity index (χ1n) is 9.53. The molecule has 2 saturated heterocycles. The van der Waals surface area contributed by atoms with Gasteiger partial charge in [0.2, 0.25) is 0 Å². The van der Waals surface area contributed by atoms with E-state index in [0.717, 1.165) is 56.3 Å². The first-order valence-corrected chi connectivity index (χ1v) is 9.53. The average molecular weight is 345 g/mol. The summed E-state index contributed by atoms with van der Waals surface area (Å²) in [5, 5.41) is 6.02. The van der Waals surface area contributed by atoms with Gasteiger partial charge in [-0.25, -0.2) is 9.78 Å². The number of likely N-dealkylation sites (tertiary alicyclic amines) is 1. The average Bonchev–Trinajstić information content (AvgIpc) is 2.63. The summed E-state index contributed by atoms with van der Waals surface area (Å²) in [6.07, 6.45) is 6.40. The fraction of sp³-hybridized carbons (Fsp3) is 0.684. The molecule has 2 N–H and O–H groups in total. The van der Waals surface area contributed by atoms with Gasteiger partial charge in [-0.05, 0) is 63.4 Å². The molecule has 2 fully saturated rings. The number of aromatic nitrogens is 1. The van der Waals surface area contributed by atoms with E-state index in [1.807, 2.05) is 6.20 Å². The molecule has 6 heteroatoms. The van der Waals surface area contributed by atoms with Gasteiger partial charge in [-0.1, -0.05) is 13.0 Å². The molecule has 1 aromatic heterocycles. The molecule has 0 aliphatic carbocycles. The molecule has 2 aliphatic heterocycles. The highest BCUT2D eigenvalue weighted by molar-refractivity contribution is 5.74. The van der Waals surface area contributed by atoms with Crippen LogP contribution in [0.3, 0.4) is 0 Å². The second-order valence-electron chi connectivity index (χ2n) is 7.60. The Morgan fingerprint density at radius 3 is 2.52 bits per heavy atom. The van der Waals surface area contributed by atoms with E-state index >= 15 is 0 Å². The van der Waals surface area contributed by atoms with Gasteiger partial charge in [0.05, 0.1) is 0 Å². The fourth-order valence-electron chi connectivity index (χ4n) is 3.52. The number of piperidine rings is 2. The zero-order valence-electron chi connectivity index (χ0n) is 15.5. The second-order valence-corrected chi connectivity index (χ2v) is 7.60. The summed E-state index contributed by atoms with van der Waals surface area (Å²) >= 11 is 0. The summed E-state index contributed by atoms with van der Waals surface area (Å²) in [5.41, 5.74) is 1.03. The molecule has 3 rings (SSSR count). The number of nitrogens with one attached hydrogen (secondary N) is 2. The number of urea groups is 1. The first-order chi connectivity index (χ1) is 12.1. The maximum Gasteiger partial charge on any atom is 0.315 e. The molecule has 6 nitrogen and oxygen atoms in total. The molecule has 1 aromatic rings. The van der Waals surface area contributed by atoms with Crippen molar-refractivity contribution in [1.29, 1.82) is 0 Å². The third-order valence-electron chi connectivity index (χ3n) is 5.42. The van der Waals surface area contributed by atoms with E-state index in [2.05, 4.69) is 51.5 Å². The van der Waals surface area contributed by atoms with Crippen molar-refractivity contribution in [3.63, 3.8) is 0 Å². The summed E-state index contributed by atoms with van der Waals surface area (Å²) in [4.78, 5) is 21.3. The van der Waals surface area contributed by atoms with Crippen LogP contribution in [0.25, 0.3) is 0 Å². The van der Waals surface area contributed by atoms with Crippen LogP contribution in [0.15, 0.2) is 18.3 Å². The number of pyridine rings is 1. The molecule has 0 radical (unpaired) electrons. The zero-order chi connectivity index (χ0) is 17.6. The van der Waals surface area contributed by atoms with E-state index in [4.69, 9.17) is 0 Å². The van der Waals surface area contributed by atoms with E-state index in [-0.39, 0.29) is 12.1 Å². The molecule has 0 saturated carbocycles. The quantitative estimate of drug-likeness (QED) is 0.878. The highest BCUT2D eigenvalue weighted by Crippen LogP contribution is 2.21. The second kappa shape index (κ2) is 8.52. The molecular formula is C19H31N5O. The van der Waals surface area contributed by atoms with Crippen LogP contribution in [0.5, 0.6) is 0 Å². The summed E-state index contributed by atoms with van der Waals surface area (Å²) in [6, 6.07) is 4.35. The van der Waals surface area contributed by atoms with Crippen LogP contribution in [0.1, 0.15) is 38.2 Å². The van der Waals surface area contributed by atoms with Gasteiger partial charge in [0.25, 0.3) is 0 Å². The number of nitrogens with zero attached hydrogens (tertiary/aromatic N) is 3. The van der Waals surface area contributed by atoms with Crippen LogP contribution in [0.2, 0.25) is 0 Å². The minimum absolute atomic E-state index is 0.0800. The minimum atomic E-state index is -0.0800. The van der Waals surface area contributed by atoms with E-state index in [9.17, 15) is 4.79 Å². The number of hydrogen-bond donors (Lipinski definition) is 2. The molecule has 2 aliphatic rings. The molecule has 0 bridgehead atoms. The van der Waals surface area contributed by atoms with Crippen LogP contribution < -0.4 is 15.5 Å². The van der Waals surface area contributed by atoms with E-state index in [1.54, 1.807) is 0 Å². The highest BCUT2D eigenvalue weighted by atomic mass is 16.2. The number of anilines is 1. The van der Waals surface area contributed by atoms with Crippen molar-refractivity contribution in [2.45, 2.75) is 45.2 Å². The smallest absolute Gasteiger partial charge is 0.315 e. The van der Waals surface area contributed by atoms with Gasteiger partial charge in [0.15, 0.2) is 0 Å². The van der Waals surface area contributed by atoms with Crippen molar-refractivity contribution >= 4 is 11.8 Å². The van der Waals surface area contributed by atoms with Crippen molar-refractivity contribution in [3.8, 4) is 0 Å². The van der Waals surface area contributed by atoms with Crippen molar-refractivity contribution < 1.29 is 4.79 Å².